The van der Waals surface area contributed by atoms with Crippen LogP contribution in [0.1, 0.15) is 6.42 Å². The Labute approximate surface area is 149 Å². The summed E-state index contributed by atoms with van der Waals surface area (Å²) >= 11 is 0. The minimum absolute atomic E-state index is 0.0619. The van der Waals surface area contributed by atoms with E-state index in [1.54, 1.807) is 0 Å². The Balaban J connectivity index is 1.98. The Kier molecular flexibility index (Phi) is 6.18. The summed E-state index contributed by atoms with van der Waals surface area (Å²) in [4.78, 5) is 0.745. The molecule has 0 atom stereocenters. The van der Waals surface area contributed by atoms with Crippen molar-refractivity contribution in [2.45, 2.75) is 16.8 Å². The van der Waals surface area contributed by atoms with Crippen LogP contribution in [0.2, 0.25) is 0 Å². The molecule has 0 aliphatic carbocycles. The van der Waals surface area contributed by atoms with Gasteiger partial charge in [-0.15, -0.1) is 0 Å². The molecule has 0 bridgehead atoms. The monoisotopic (exact) mass is 418 g/mol. The summed E-state index contributed by atoms with van der Waals surface area (Å²) in [5.41, 5.74) is -5.86. The molecule has 6 nitrogen and oxygen atoms in total. The number of rotatable bonds is 6. The number of hydrogen-bond donors (Lipinski definition) is 1. The molecule has 1 aliphatic heterocycles. The lowest BCUT2D eigenvalue weighted by Gasteiger charge is -2.26. The van der Waals surface area contributed by atoms with Gasteiger partial charge < -0.3 is 10.2 Å². The van der Waals surface area contributed by atoms with Crippen LogP contribution in [-0.4, -0.2) is 64.9 Å². The second-order valence-electron chi connectivity index (χ2n) is 5.86. The van der Waals surface area contributed by atoms with E-state index in [1.807, 2.05) is 4.90 Å². The number of alkyl halides is 3. The van der Waals surface area contributed by atoms with Gasteiger partial charge in [-0.2, -0.15) is 13.2 Å². The van der Waals surface area contributed by atoms with E-state index >= 15 is 0 Å². The summed E-state index contributed by atoms with van der Waals surface area (Å²) in [6.07, 6.45) is 0.447. The minimum atomic E-state index is -5.68. The molecule has 1 aliphatic rings. The quantitative estimate of drug-likeness (QED) is 0.559. The zero-order valence-electron chi connectivity index (χ0n) is 13.6. The Morgan fingerprint density at radius 2 is 1.77 bits per heavy atom. The molecule has 1 N–H and O–H groups in total. The van der Waals surface area contributed by atoms with E-state index < -0.39 is 35.9 Å². The van der Waals surface area contributed by atoms with Crippen LogP contribution in [0.15, 0.2) is 23.1 Å². The maximum absolute atomic E-state index is 13.2. The lowest BCUT2D eigenvalue weighted by Crippen LogP contribution is -2.41. The fraction of sp³-hybridized carbons (Fsp3) is 0.571. The van der Waals surface area contributed by atoms with E-state index in [-0.39, 0.29) is 23.7 Å². The van der Waals surface area contributed by atoms with Gasteiger partial charge >= 0.3 is 5.51 Å². The number of anilines is 1. The van der Waals surface area contributed by atoms with Crippen LogP contribution in [0, 0.1) is 5.82 Å². The van der Waals surface area contributed by atoms with Crippen LogP contribution in [-0.2, 0) is 19.7 Å². The molecule has 2 rings (SSSR count). The molecule has 1 fully saturated rings. The zero-order valence-corrected chi connectivity index (χ0v) is 15.2. The fourth-order valence-corrected chi connectivity index (χ4v) is 4.71. The summed E-state index contributed by atoms with van der Waals surface area (Å²) in [5, 5.41) is 2.58. The van der Waals surface area contributed by atoms with E-state index in [0.29, 0.717) is 32.1 Å². The van der Waals surface area contributed by atoms with E-state index in [1.165, 1.54) is 0 Å². The molecule has 1 heterocycles. The van der Waals surface area contributed by atoms with Crippen molar-refractivity contribution in [1.29, 1.82) is 0 Å². The van der Waals surface area contributed by atoms with Crippen molar-refractivity contribution in [2.75, 3.05) is 43.0 Å². The first-order valence-corrected chi connectivity index (χ1v) is 11.0. The van der Waals surface area contributed by atoms with Gasteiger partial charge in [0.05, 0.1) is 17.2 Å². The minimum Gasteiger partial charge on any atom is -0.384 e. The number of nitrogens with one attached hydrogen (secondary N) is 1. The second kappa shape index (κ2) is 7.69. The summed E-state index contributed by atoms with van der Waals surface area (Å²) in [6, 6.07) is 2.15. The highest BCUT2D eigenvalue weighted by Gasteiger charge is 2.48. The number of hydrogen-bond acceptors (Lipinski definition) is 6. The van der Waals surface area contributed by atoms with Crippen LogP contribution in [0.4, 0.5) is 23.2 Å². The van der Waals surface area contributed by atoms with Gasteiger partial charge in [0.1, 0.15) is 10.7 Å². The van der Waals surface area contributed by atoms with Crippen LogP contribution < -0.4 is 5.32 Å². The normalized spacial score (nSPS) is 18.6. The highest BCUT2D eigenvalue weighted by atomic mass is 32.2. The van der Waals surface area contributed by atoms with E-state index in [9.17, 15) is 34.4 Å². The van der Waals surface area contributed by atoms with Crippen molar-refractivity contribution >= 4 is 25.4 Å². The predicted octanol–water partition coefficient (Wildman–Crippen LogP) is 1.65. The zero-order chi connectivity index (χ0) is 19.6. The largest absolute Gasteiger partial charge is 0.501 e. The van der Waals surface area contributed by atoms with Gasteiger partial charge in [0.15, 0.2) is 9.84 Å². The Bertz CT molecular complexity index is 840. The average molecular weight is 418 g/mol. The first kappa shape index (κ1) is 20.9. The lowest BCUT2D eigenvalue weighted by molar-refractivity contribution is -0.0435. The molecule has 1 saturated heterocycles. The summed E-state index contributed by atoms with van der Waals surface area (Å²) < 4.78 is 97.2. The fourth-order valence-electron chi connectivity index (χ4n) is 2.49. The standard InChI is InChI=1S/C14H18F4N2O4S2/c15-11-2-3-12(13(10-11)26(23,24)14(16,17)18)19-4-1-5-20-6-8-25(21,22)9-7-20/h2-3,10,19H,1,4-9H2. The summed E-state index contributed by atoms with van der Waals surface area (Å²) in [5.74, 6) is -0.966. The predicted molar refractivity (Wildman–Crippen MR) is 87.8 cm³/mol. The van der Waals surface area contributed by atoms with Gasteiger partial charge in [-0.1, -0.05) is 0 Å². The molecule has 0 spiro atoms. The van der Waals surface area contributed by atoms with Gasteiger partial charge in [-0.3, -0.25) is 0 Å². The van der Waals surface area contributed by atoms with Gasteiger partial charge in [0.25, 0.3) is 9.84 Å². The molecule has 1 aromatic rings. The first-order valence-electron chi connectivity index (χ1n) is 7.70. The molecule has 0 aromatic heterocycles. The molecular weight excluding hydrogens is 400 g/mol. The highest BCUT2D eigenvalue weighted by Crippen LogP contribution is 2.34. The van der Waals surface area contributed by atoms with Crippen molar-refractivity contribution in [3.05, 3.63) is 24.0 Å². The van der Waals surface area contributed by atoms with Gasteiger partial charge in [-0.25, -0.2) is 21.2 Å². The van der Waals surface area contributed by atoms with Crippen molar-refractivity contribution in [1.82, 2.24) is 4.90 Å². The number of nitrogens with zero attached hydrogens (tertiary/aromatic N) is 1. The average Bonchev–Trinajstić information content (AvgIpc) is 2.52. The Morgan fingerprint density at radius 3 is 2.35 bits per heavy atom. The Hall–Kier alpha value is -1.40. The molecule has 0 saturated carbocycles. The van der Waals surface area contributed by atoms with E-state index in [2.05, 4.69) is 5.32 Å². The van der Waals surface area contributed by atoms with Crippen LogP contribution in [0.25, 0.3) is 0 Å². The second-order valence-corrected chi connectivity index (χ2v) is 10.1. The van der Waals surface area contributed by atoms with Crippen LogP contribution in [0.3, 0.4) is 0 Å². The van der Waals surface area contributed by atoms with E-state index in [4.69, 9.17) is 0 Å². The number of benzene rings is 1. The third kappa shape index (κ3) is 5.07. The number of halogens is 4. The summed E-state index contributed by atoms with van der Waals surface area (Å²) in [7, 11) is -8.68. The van der Waals surface area contributed by atoms with Crippen LogP contribution >= 0.6 is 0 Å². The topological polar surface area (TPSA) is 83.6 Å². The van der Waals surface area contributed by atoms with Crippen molar-refractivity contribution < 1.29 is 34.4 Å². The molecule has 148 valence electrons. The smallest absolute Gasteiger partial charge is 0.384 e. The maximum atomic E-state index is 13.2. The third-order valence-electron chi connectivity index (χ3n) is 3.94. The van der Waals surface area contributed by atoms with Crippen molar-refractivity contribution in [3.8, 4) is 0 Å². The lowest BCUT2D eigenvalue weighted by atomic mass is 10.3. The van der Waals surface area contributed by atoms with Gasteiger partial charge in [0.2, 0.25) is 0 Å². The highest BCUT2D eigenvalue weighted by molar-refractivity contribution is 7.92. The molecule has 0 unspecified atom stereocenters. The van der Waals surface area contributed by atoms with Crippen LogP contribution in [0.5, 0.6) is 0 Å². The maximum Gasteiger partial charge on any atom is 0.501 e. The van der Waals surface area contributed by atoms with Gasteiger partial charge in [0, 0.05) is 19.6 Å². The molecule has 0 amide bonds. The van der Waals surface area contributed by atoms with E-state index in [0.717, 1.165) is 12.1 Å². The third-order valence-corrected chi connectivity index (χ3v) is 7.08. The molecule has 1 aromatic carbocycles. The number of sulfone groups is 2. The molecular formula is C14H18F4N2O4S2. The summed E-state index contributed by atoms with van der Waals surface area (Å²) in [6.45, 7) is 1.42. The van der Waals surface area contributed by atoms with Crippen molar-refractivity contribution in [2.24, 2.45) is 0 Å². The SMILES string of the molecule is O=S1(=O)CCN(CCCNc2ccc(F)cc2S(=O)(=O)C(F)(F)F)CC1. The molecule has 0 radical (unpaired) electrons. The Morgan fingerprint density at radius 1 is 1.15 bits per heavy atom. The molecule has 12 heteroatoms. The van der Waals surface area contributed by atoms with Crippen molar-refractivity contribution in [3.63, 3.8) is 0 Å². The first-order chi connectivity index (χ1) is 11.9. The van der Waals surface area contributed by atoms with Gasteiger partial charge in [-0.05, 0) is 31.2 Å². The molecule has 26 heavy (non-hydrogen) atoms.